The van der Waals surface area contributed by atoms with Crippen molar-refractivity contribution in [2.24, 2.45) is 0 Å². The number of hydrogen-bond donors (Lipinski definition) is 1. The van der Waals surface area contributed by atoms with Crippen LogP contribution in [0.5, 0.6) is 0 Å². The van der Waals surface area contributed by atoms with Crippen molar-refractivity contribution in [3.63, 3.8) is 0 Å². The van der Waals surface area contributed by atoms with Crippen molar-refractivity contribution in [1.29, 1.82) is 0 Å². The van der Waals surface area contributed by atoms with Crippen LogP contribution in [-0.2, 0) is 17.4 Å². The summed E-state index contributed by atoms with van der Waals surface area (Å²) in [5.41, 5.74) is -0.888. The van der Waals surface area contributed by atoms with Gasteiger partial charge in [0.15, 0.2) is 0 Å². The van der Waals surface area contributed by atoms with Gasteiger partial charge in [-0.2, -0.15) is 13.2 Å². The van der Waals surface area contributed by atoms with Gasteiger partial charge in [-0.3, -0.25) is 4.79 Å². The van der Waals surface area contributed by atoms with Gasteiger partial charge >= 0.3 is 6.18 Å². The molecule has 5 heteroatoms. The third-order valence-electron chi connectivity index (χ3n) is 3.76. The molecule has 1 saturated heterocycles. The van der Waals surface area contributed by atoms with Crippen molar-refractivity contribution in [2.75, 3.05) is 0 Å². The van der Waals surface area contributed by atoms with E-state index in [-0.39, 0.29) is 17.9 Å². The second-order valence-electron chi connectivity index (χ2n) is 5.01. The molecule has 1 unspecified atom stereocenters. The molecule has 0 saturated carbocycles. The van der Waals surface area contributed by atoms with E-state index in [9.17, 15) is 18.0 Å². The Labute approximate surface area is 110 Å². The highest BCUT2D eigenvalue weighted by atomic mass is 19.4. The second-order valence-corrected chi connectivity index (χ2v) is 5.01. The van der Waals surface area contributed by atoms with Crippen LogP contribution in [0.4, 0.5) is 13.2 Å². The minimum Gasteiger partial charge on any atom is -0.350 e. The maximum atomic E-state index is 12.9. The van der Waals surface area contributed by atoms with Gasteiger partial charge in [0.1, 0.15) is 0 Å². The normalized spacial score (nSPS) is 23.5. The van der Waals surface area contributed by atoms with Crippen molar-refractivity contribution < 1.29 is 18.0 Å². The SMILES string of the molecule is CCC1(Cc2ccccc2C(F)(F)F)CCC(=O)N1. The third-order valence-corrected chi connectivity index (χ3v) is 3.76. The van der Waals surface area contributed by atoms with Crippen LogP contribution in [-0.4, -0.2) is 11.4 Å². The number of alkyl halides is 3. The lowest BCUT2D eigenvalue weighted by molar-refractivity contribution is -0.138. The largest absolute Gasteiger partial charge is 0.416 e. The Morgan fingerprint density at radius 1 is 1.32 bits per heavy atom. The highest BCUT2D eigenvalue weighted by molar-refractivity contribution is 5.79. The molecule has 1 atom stereocenters. The van der Waals surface area contributed by atoms with Gasteiger partial charge in [-0.25, -0.2) is 0 Å². The second kappa shape index (κ2) is 4.87. The molecular formula is C14H16F3NO. The van der Waals surface area contributed by atoms with Crippen molar-refractivity contribution in [1.82, 2.24) is 5.32 Å². The molecule has 19 heavy (non-hydrogen) atoms. The lowest BCUT2D eigenvalue weighted by Gasteiger charge is -2.29. The Balaban J connectivity index is 2.31. The predicted octanol–water partition coefficient (Wildman–Crippen LogP) is 3.31. The smallest absolute Gasteiger partial charge is 0.350 e. The summed E-state index contributed by atoms with van der Waals surface area (Å²) in [6.07, 6.45) is -2.51. The molecule has 0 aromatic heterocycles. The van der Waals surface area contributed by atoms with Gasteiger partial charge in [-0.1, -0.05) is 25.1 Å². The highest BCUT2D eigenvalue weighted by Crippen LogP contribution is 2.35. The summed E-state index contributed by atoms with van der Waals surface area (Å²) < 4.78 is 38.8. The molecule has 0 spiro atoms. The Morgan fingerprint density at radius 3 is 2.53 bits per heavy atom. The van der Waals surface area contributed by atoms with E-state index in [2.05, 4.69) is 5.32 Å². The maximum absolute atomic E-state index is 12.9. The van der Waals surface area contributed by atoms with Gasteiger partial charge in [0.2, 0.25) is 5.91 Å². The average molecular weight is 271 g/mol. The molecule has 1 aromatic rings. The maximum Gasteiger partial charge on any atom is 0.416 e. The van der Waals surface area contributed by atoms with E-state index in [0.717, 1.165) is 6.07 Å². The van der Waals surface area contributed by atoms with Gasteiger partial charge in [0, 0.05) is 12.0 Å². The molecule has 1 amide bonds. The molecule has 1 heterocycles. The van der Waals surface area contributed by atoms with E-state index < -0.39 is 17.3 Å². The molecule has 1 fully saturated rings. The number of benzene rings is 1. The summed E-state index contributed by atoms with van der Waals surface area (Å²) >= 11 is 0. The summed E-state index contributed by atoms with van der Waals surface area (Å²) in [7, 11) is 0. The quantitative estimate of drug-likeness (QED) is 0.897. The molecule has 2 nitrogen and oxygen atoms in total. The number of halogens is 3. The van der Waals surface area contributed by atoms with Crippen LogP contribution in [0.2, 0.25) is 0 Å². The predicted molar refractivity (Wildman–Crippen MR) is 65.5 cm³/mol. The fraction of sp³-hybridized carbons (Fsp3) is 0.500. The minimum absolute atomic E-state index is 0.0775. The van der Waals surface area contributed by atoms with Crippen LogP contribution in [0.3, 0.4) is 0 Å². The summed E-state index contributed by atoms with van der Waals surface area (Å²) in [4.78, 5) is 11.4. The van der Waals surface area contributed by atoms with Crippen molar-refractivity contribution in [3.05, 3.63) is 35.4 Å². The Morgan fingerprint density at radius 2 is 2.00 bits per heavy atom. The van der Waals surface area contributed by atoms with E-state index in [4.69, 9.17) is 0 Å². The van der Waals surface area contributed by atoms with E-state index >= 15 is 0 Å². The van der Waals surface area contributed by atoms with Crippen LogP contribution in [0, 0.1) is 0 Å². The van der Waals surface area contributed by atoms with Gasteiger partial charge in [-0.05, 0) is 30.9 Å². The fourth-order valence-electron chi connectivity index (χ4n) is 2.61. The Kier molecular flexibility index (Phi) is 3.56. The monoisotopic (exact) mass is 271 g/mol. The molecule has 0 aliphatic carbocycles. The topological polar surface area (TPSA) is 29.1 Å². The van der Waals surface area contributed by atoms with Crippen LogP contribution < -0.4 is 5.32 Å². The fourth-order valence-corrected chi connectivity index (χ4v) is 2.61. The zero-order chi connectivity index (χ0) is 14.1. The van der Waals surface area contributed by atoms with Gasteiger partial charge < -0.3 is 5.32 Å². The first-order valence-corrected chi connectivity index (χ1v) is 6.32. The first kappa shape index (κ1) is 13.9. The van der Waals surface area contributed by atoms with E-state index in [1.54, 1.807) is 6.07 Å². The Hall–Kier alpha value is -1.52. The molecule has 1 aromatic carbocycles. The number of carbonyl (C=O) groups excluding carboxylic acids is 1. The third kappa shape index (κ3) is 2.91. The number of rotatable bonds is 3. The van der Waals surface area contributed by atoms with Gasteiger partial charge in [0.05, 0.1) is 5.56 Å². The molecule has 2 rings (SSSR count). The summed E-state index contributed by atoms with van der Waals surface area (Å²) in [5, 5.41) is 2.84. The average Bonchev–Trinajstić information content (AvgIpc) is 2.71. The molecular weight excluding hydrogens is 255 g/mol. The van der Waals surface area contributed by atoms with Crippen LogP contribution in [0.15, 0.2) is 24.3 Å². The standard InChI is InChI=1S/C14H16F3NO/c1-2-13(8-7-12(19)18-13)9-10-5-3-4-6-11(10)14(15,16)17/h3-6H,2,7-9H2,1H3,(H,18,19). The zero-order valence-electron chi connectivity index (χ0n) is 10.7. The number of carbonyl (C=O) groups is 1. The Bertz CT molecular complexity index is 484. The molecule has 1 aliphatic heterocycles. The molecule has 104 valence electrons. The van der Waals surface area contributed by atoms with Crippen LogP contribution in [0.1, 0.15) is 37.3 Å². The van der Waals surface area contributed by atoms with E-state index in [1.165, 1.54) is 12.1 Å². The van der Waals surface area contributed by atoms with Crippen LogP contribution in [0.25, 0.3) is 0 Å². The van der Waals surface area contributed by atoms with Crippen LogP contribution >= 0.6 is 0 Å². The number of nitrogens with one attached hydrogen (secondary N) is 1. The number of hydrogen-bond acceptors (Lipinski definition) is 1. The highest BCUT2D eigenvalue weighted by Gasteiger charge is 2.39. The van der Waals surface area contributed by atoms with Crippen molar-refractivity contribution >= 4 is 5.91 Å². The first-order valence-electron chi connectivity index (χ1n) is 6.32. The zero-order valence-corrected chi connectivity index (χ0v) is 10.7. The lowest BCUT2D eigenvalue weighted by atomic mass is 9.85. The first-order chi connectivity index (χ1) is 8.86. The molecule has 0 radical (unpaired) electrons. The van der Waals surface area contributed by atoms with Crippen molar-refractivity contribution in [3.8, 4) is 0 Å². The summed E-state index contributed by atoms with van der Waals surface area (Å²) in [5.74, 6) is -0.0775. The lowest BCUT2D eigenvalue weighted by Crippen LogP contribution is -2.43. The molecule has 1 aliphatic rings. The van der Waals surface area contributed by atoms with Gasteiger partial charge in [0.25, 0.3) is 0 Å². The number of amides is 1. The van der Waals surface area contributed by atoms with E-state index in [1.807, 2.05) is 6.92 Å². The summed E-state index contributed by atoms with van der Waals surface area (Å²) in [6.45, 7) is 1.89. The van der Waals surface area contributed by atoms with Crippen molar-refractivity contribution in [2.45, 2.75) is 44.3 Å². The summed E-state index contributed by atoms with van der Waals surface area (Å²) in [6, 6.07) is 5.57. The molecule has 1 N–H and O–H groups in total. The van der Waals surface area contributed by atoms with E-state index in [0.29, 0.717) is 19.3 Å². The van der Waals surface area contributed by atoms with Gasteiger partial charge in [-0.15, -0.1) is 0 Å². The minimum atomic E-state index is -4.35. The molecule has 0 bridgehead atoms.